The molecular weight excluding hydrogens is 442 g/mol. The molecule has 0 saturated carbocycles. The Labute approximate surface area is 183 Å². The zero-order valence-electron chi connectivity index (χ0n) is 16.8. The Morgan fingerprint density at radius 3 is 2.25 bits per heavy atom. The molecule has 3 aromatic rings. The number of sulfonamides is 1. The largest absolute Gasteiger partial charge is 0.462 e. The SMILES string of the molecule is CCOC(=O)c1ccc(NS(=O)(=O)c2ccc(NC(=O)c3ccccc3F)c(F)c2)cc1. The van der Waals surface area contributed by atoms with Gasteiger partial charge in [-0.15, -0.1) is 0 Å². The number of hydrogen-bond donors (Lipinski definition) is 2. The van der Waals surface area contributed by atoms with Crippen LogP contribution in [0.4, 0.5) is 20.2 Å². The van der Waals surface area contributed by atoms with Gasteiger partial charge in [0.15, 0.2) is 0 Å². The predicted octanol–water partition coefficient (Wildman–Crippen LogP) is 4.19. The van der Waals surface area contributed by atoms with Crippen LogP contribution in [-0.2, 0) is 14.8 Å². The zero-order chi connectivity index (χ0) is 23.3. The molecule has 2 N–H and O–H groups in total. The van der Waals surface area contributed by atoms with E-state index in [2.05, 4.69) is 10.0 Å². The Morgan fingerprint density at radius 2 is 1.62 bits per heavy atom. The van der Waals surface area contributed by atoms with Gasteiger partial charge < -0.3 is 10.1 Å². The highest BCUT2D eigenvalue weighted by Crippen LogP contribution is 2.23. The van der Waals surface area contributed by atoms with Gasteiger partial charge in [0.05, 0.1) is 28.3 Å². The molecule has 3 rings (SSSR count). The van der Waals surface area contributed by atoms with Crippen LogP contribution in [0, 0.1) is 11.6 Å². The van der Waals surface area contributed by atoms with Crippen LogP contribution in [0.15, 0.2) is 71.6 Å². The Hall–Kier alpha value is -3.79. The second kappa shape index (κ2) is 9.56. The highest BCUT2D eigenvalue weighted by atomic mass is 32.2. The summed E-state index contributed by atoms with van der Waals surface area (Å²) in [5.41, 5.74) is -0.196. The van der Waals surface area contributed by atoms with Gasteiger partial charge in [0, 0.05) is 5.69 Å². The van der Waals surface area contributed by atoms with Gasteiger partial charge in [-0.3, -0.25) is 9.52 Å². The number of anilines is 2. The summed E-state index contributed by atoms with van der Waals surface area (Å²) in [7, 11) is -4.16. The lowest BCUT2D eigenvalue weighted by molar-refractivity contribution is 0.0526. The van der Waals surface area contributed by atoms with Crippen molar-refractivity contribution in [2.45, 2.75) is 11.8 Å². The molecule has 0 saturated heterocycles. The first-order valence-electron chi connectivity index (χ1n) is 9.36. The number of benzene rings is 3. The fraction of sp³-hybridized carbons (Fsp3) is 0.0909. The smallest absolute Gasteiger partial charge is 0.338 e. The molecule has 0 spiro atoms. The second-order valence-corrected chi connectivity index (χ2v) is 8.16. The average molecular weight is 460 g/mol. The summed E-state index contributed by atoms with van der Waals surface area (Å²) < 4.78 is 60.4. The van der Waals surface area contributed by atoms with E-state index in [0.717, 1.165) is 24.3 Å². The Kier molecular flexibility index (Phi) is 6.84. The summed E-state index contributed by atoms with van der Waals surface area (Å²) in [5, 5.41) is 2.21. The normalized spacial score (nSPS) is 11.0. The van der Waals surface area contributed by atoms with Crippen LogP contribution in [0.1, 0.15) is 27.6 Å². The number of amides is 1. The van der Waals surface area contributed by atoms with Gasteiger partial charge in [0.1, 0.15) is 11.6 Å². The summed E-state index contributed by atoms with van der Waals surface area (Å²) in [6, 6.07) is 13.6. The lowest BCUT2D eigenvalue weighted by Crippen LogP contribution is -2.16. The number of carbonyl (C=O) groups excluding carboxylic acids is 2. The lowest BCUT2D eigenvalue weighted by Gasteiger charge is -2.11. The molecule has 7 nitrogen and oxygen atoms in total. The number of carbonyl (C=O) groups is 2. The molecule has 32 heavy (non-hydrogen) atoms. The minimum absolute atomic E-state index is 0.149. The Bertz CT molecular complexity index is 1260. The van der Waals surface area contributed by atoms with Gasteiger partial charge in [-0.05, 0) is 61.5 Å². The van der Waals surface area contributed by atoms with Gasteiger partial charge in [-0.2, -0.15) is 0 Å². The maximum absolute atomic E-state index is 14.5. The highest BCUT2D eigenvalue weighted by Gasteiger charge is 2.19. The number of nitrogens with one attached hydrogen (secondary N) is 2. The minimum Gasteiger partial charge on any atom is -0.462 e. The van der Waals surface area contributed by atoms with Crippen LogP contribution in [0.3, 0.4) is 0 Å². The molecule has 10 heteroatoms. The second-order valence-electron chi connectivity index (χ2n) is 6.48. The van der Waals surface area contributed by atoms with Crippen molar-refractivity contribution in [2.75, 3.05) is 16.6 Å². The minimum atomic E-state index is -4.16. The molecule has 0 fully saturated rings. The van der Waals surface area contributed by atoms with E-state index >= 15 is 0 Å². The summed E-state index contributed by atoms with van der Waals surface area (Å²) in [4.78, 5) is 23.4. The third-order valence-electron chi connectivity index (χ3n) is 4.27. The van der Waals surface area contributed by atoms with Crippen molar-refractivity contribution in [2.24, 2.45) is 0 Å². The first-order chi connectivity index (χ1) is 15.2. The quantitative estimate of drug-likeness (QED) is 0.515. The molecule has 0 bridgehead atoms. The van der Waals surface area contributed by atoms with E-state index in [4.69, 9.17) is 4.74 Å². The molecule has 0 aliphatic rings. The fourth-order valence-corrected chi connectivity index (χ4v) is 3.77. The number of halogens is 2. The predicted molar refractivity (Wildman–Crippen MR) is 114 cm³/mol. The fourth-order valence-electron chi connectivity index (χ4n) is 2.70. The third-order valence-corrected chi connectivity index (χ3v) is 5.64. The van der Waals surface area contributed by atoms with E-state index in [1.165, 1.54) is 42.5 Å². The van der Waals surface area contributed by atoms with Crippen molar-refractivity contribution in [3.05, 3.63) is 89.5 Å². The van der Waals surface area contributed by atoms with Crippen molar-refractivity contribution >= 4 is 33.3 Å². The van der Waals surface area contributed by atoms with Crippen molar-refractivity contribution in [3.8, 4) is 0 Å². The number of ether oxygens (including phenoxy) is 1. The van der Waals surface area contributed by atoms with Gasteiger partial charge in [0.2, 0.25) is 0 Å². The number of hydrogen-bond acceptors (Lipinski definition) is 5. The molecule has 1 amide bonds. The van der Waals surface area contributed by atoms with E-state index in [0.29, 0.717) is 0 Å². The summed E-state index contributed by atoms with van der Waals surface area (Å²) in [6.45, 7) is 1.87. The molecular formula is C22H18F2N2O5S. The van der Waals surface area contributed by atoms with Crippen LogP contribution >= 0.6 is 0 Å². The Morgan fingerprint density at radius 1 is 0.938 bits per heavy atom. The molecule has 0 radical (unpaired) electrons. The average Bonchev–Trinajstić information content (AvgIpc) is 2.75. The maximum Gasteiger partial charge on any atom is 0.338 e. The monoisotopic (exact) mass is 460 g/mol. The molecule has 0 aliphatic heterocycles. The van der Waals surface area contributed by atoms with Crippen LogP contribution in [0.2, 0.25) is 0 Å². The molecule has 0 aromatic heterocycles. The third kappa shape index (κ3) is 5.27. The standard InChI is InChI=1S/C22H18F2N2O5S/c1-2-31-22(28)14-7-9-15(10-8-14)26-32(29,30)16-11-12-20(19(24)13-16)25-21(27)17-5-3-4-6-18(17)23/h3-13,26H,2H2,1H3,(H,25,27). The summed E-state index contributed by atoms with van der Waals surface area (Å²) in [6.07, 6.45) is 0. The van der Waals surface area contributed by atoms with Gasteiger partial charge >= 0.3 is 5.97 Å². The first kappa shape index (κ1) is 22.9. The van der Waals surface area contributed by atoms with E-state index in [1.807, 2.05) is 0 Å². The van der Waals surface area contributed by atoms with Crippen molar-refractivity contribution in [3.63, 3.8) is 0 Å². The lowest BCUT2D eigenvalue weighted by atomic mass is 10.2. The van der Waals surface area contributed by atoms with E-state index in [9.17, 15) is 26.8 Å². The number of rotatable bonds is 7. The zero-order valence-corrected chi connectivity index (χ0v) is 17.6. The van der Waals surface area contributed by atoms with Gasteiger partial charge in [-0.1, -0.05) is 12.1 Å². The summed E-state index contributed by atoms with van der Waals surface area (Å²) >= 11 is 0. The molecule has 166 valence electrons. The van der Waals surface area contributed by atoms with Gasteiger partial charge in [0.25, 0.3) is 15.9 Å². The van der Waals surface area contributed by atoms with Crippen molar-refractivity contribution in [1.29, 1.82) is 0 Å². The molecule has 0 aliphatic carbocycles. The van der Waals surface area contributed by atoms with Crippen LogP contribution in [0.5, 0.6) is 0 Å². The van der Waals surface area contributed by atoms with Gasteiger partial charge in [-0.25, -0.2) is 22.0 Å². The molecule has 0 heterocycles. The topological polar surface area (TPSA) is 102 Å². The molecule has 0 unspecified atom stereocenters. The number of esters is 1. The van der Waals surface area contributed by atoms with E-state index in [-0.39, 0.29) is 29.1 Å². The van der Waals surface area contributed by atoms with Crippen LogP contribution < -0.4 is 10.0 Å². The summed E-state index contributed by atoms with van der Waals surface area (Å²) in [5.74, 6) is -3.22. The molecule has 3 aromatic carbocycles. The van der Waals surface area contributed by atoms with Crippen molar-refractivity contribution < 1.29 is 31.5 Å². The molecule has 0 atom stereocenters. The van der Waals surface area contributed by atoms with Crippen LogP contribution in [0.25, 0.3) is 0 Å². The van der Waals surface area contributed by atoms with Crippen molar-refractivity contribution in [1.82, 2.24) is 0 Å². The maximum atomic E-state index is 14.5. The Balaban J connectivity index is 1.75. The first-order valence-corrected chi connectivity index (χ1v) is 10.8. The van der Waals surface area contributed by atoms with Crippen LogP contribution in [-0.4, -0.2) is 26.9 Å². The van der Waals surface area contributed by atoms with E-state index in [1.54, 1.807) is 6.92 Å². The van der Waals surface area contributed by atoms with E-state index < -0.39 is 38.4 Å². The highest BCUT2D eigenvalue weighted by molar-refractivity contribution is 7.92.